The molecule has 0 radical (unpaired) electrons. The molecule has 1 aliphatic rings. The molecule has 4 rings (SSSR count). The predicted molar refractivity (Wildman–Crippen MR) is 120 cm³/mol. The van der Waals surface area contributed by atoms with E-state index < -0.39 is 8.07 Å². The Morgan fingerprint density at radius 2 is 1.90 bits per heavy atom. The number of pyridine rings is 1. The van der Waals surface area contributed by atoms with Crippen molar-refractivity contribution in [2.75, 3.05) is 37.8 Å². The van der Waals surface area contributed by atoms with E-state index in [0.29, 0.717) is 6.73 Å². The van der Waals surface area contributed by atoms with E-state index in [0.717, 1.165) is 66.9 Å². The van der Waals surface area contributed by atoms with E-state index in [9.17, 15) is 0 Å². The van der Waals surface area contributed by atoms with E-state index >= 15 is 0 Å². The van der Waals surface area contributed by atoms with Crippen LogP contribution in [0, 0.1) is 0 Å². The summed E-state index contributed by atoms with van der Waals surface area (Å²) in [5.41, 5.74) is 3.16. The topological polar surface area (TPSA) is 52.4 Å². The van der Waals surface area contributed by atoms with Gasteiger partial charge in [-0.15, -0.1) is 0 Å². The van der Waals surface area contributed by atoms with Gasteiger partial charge in [-0.1, -0.05) is 37.8 Å². The zero-order chi connectivity index (χ0) is 20.3. The van der Waals surface area contributed by atoms with Gasteiger partial charge >= 0.3 is 0 Å². The van der Waals surface area contributed by atoms with Crippen molar-refractivity contribution in [3.63, 3.8) is 0 Å². The second kappa shape index (κ2) is 8.65. The van der Waals surface area contributed by atoms with Crippen molar-refractivity contribution in [2.45, 2.75) is 32.4 Å². The fourth-order valence-electron chi connectivity index (χ4n) is 3.50. The molecule has 0 amide bonds. The standard InChI is InChI=1S/C22H30N4O2Si/c1-29(2,3)15-14-28-17-26-20-7-5-4-6-19(20)22(24-26)18-8-9-23-21(16-18)25-10-12-27-13-11-25/h4-9,16H,10-15,17H2,1-3H3. The van der Waals surface area contributed by atoms with E-state index in [4.69, 9.17) is 14.6 Å². The predicted octanol–water partition coefficient (Wildman–Crippen LogP) is 4.25. The van der Waals surface area contributed by atoms with Crippen LogP contribution in [-0.2, 0) is 16.2 Å². The average molecular weight is 411 g/mol. The molecule has 0 N–H and O–H groups in total. The Kier molecular flexibility index (Phi) is 5.98. The Bertz CT molecular complexity index is 961. The first-order valence-electron chi connectivity index (χ1n) is 10.3. The van der Waals surface area contributed by atoms with Gasteiger partial charge in [-0.3, -0.25) is 0 Å². The molecular formula is C22H30N4O2Si. The smallest absolute Gasteiger partial charge is 0.140 e. The number of aromatic nitrogens is 3. The summed E-state index contributed by atoms with van der Waals surface area (Å²) in [5, 5.41) is 6.05. The van der Waals surface area contributed by atoms with Gasteiger partial charge in [0.05, 0.1) is 18.7 Å². The minimum Gasteiger partial charge on any atom is -0.378 e. The van der Waals surface area contributed by atoms with Crippen LogP contribution in [0.15, 0.2) is 42.6 Å². The highest BCUT2D eigenvalue weighted by Gasteiger charge is 2.17. The minimum atomic E-state index is -1.09. The van der Waals surface area contributed by atoms with Gasteiger partial charge in [0.25, 0.3) is 0 Å². The maximum Gasteiger partial charge on any atom is 0.140 e. The third kappa shape index (κ3) is 4.86. The first-order valence-corrected chi connectivity index (χ1v) is 14.0. The maximum absolute atomic E-state index is 5.97. The molecule has 7 heteroatoms. The van der Waals surface area contributed by atoms with Crippen LogP contribution < -0.4 is 4.90 Å². The highest BCUT2D eigenvalue weighted by molar-refractivity contribution is 6.76. The number of para-hydroxylation sites is 1. The molecule has 6 nitrogen and oxygen atoms in total. The van der Waals surface area contributed by atoms with Gasteiger partial charge in [-0.2, -0.15) is 5.10 Å². The van der Waals surface area contributed by atoms with Gasteiger partial charge in [-0.25, -0.2) is 9.67 Å². The number of anilines is 1. The molecule has 0 unspecified atom stereocenters. The summed E-state index contributed by atoms with van der Waals surface area (Å²) in [6.07, 6.45) is 1.87. The van der Waals surface area contributed by atoms with Gasteiger partial charge in [0.2, 0.25) is 0 Å². The number of rotatable bonds is 7. The van der Waals surface area contributed by atoms with Gasteiger partial charge in [0, 0.05) is 44.9 Å². The lowest BCUT2D eigenvalue weighted by Gasteiger charge is -2.27. The van der Waals surface area contributed by atoms with Gasteiger partial charge in [0.15, 0.2) is 0 Å². The van der Waals surface area contributed by atoms with E-state index in [1.165, 1.54) is 0 Å². The van der Waals surface area contributed by atoms with Crippen molar-refractivity contribution in [1.82, 2.24) is 14.8 Å². The first-order chi connectivity index (χ1) is 14.0. The molecule has 1 fully saturated rings. The molecule has 0 aliphatic carbocycles. The maximum atomic E-state index is 5.97. The van der Waals surface area contributed by atoms with Gasteiger partial charge in [-0.05, 0) is 24.2 Å². The largest absolute Gasteiger partial charge is 0.378 e. The van der Waals surface area contributed by atoms with Crippen molar-refractivity contribution in [3.05, 3.63) is 42.6 Å². The minimum absolute atomic E-state index is 0.479. The molecule has 3 heterocycles. The lowest BCUT2D eigenvalue weighted by atomic mass is 10.1. The fraction of sp³-hybridized carbons (Fsp3) is 0.455. The highest BCUT2D eigenvalue weighted by atomic mass is 28.3. The molecular weight excluding hydrogens is 380 g/mol. The van der Waals surface area contributed by atoms with Crippen LogP contribution >= 0.6 is 0 Å². The monoisotopic (exact) mass is 410 g/mol. The molecule has 1 aromatic carbocycles. The number of fused-ring (bicyclic) bond motifs is 1. The lowest BCUT2D eigenvalue weighted by Crippen LogP contribution is -2.36. The quantitative estimate of drug-likeness (QED) is 0.431. The Morgan fingerprint density at radius 3 is 2.69 bits per heavy atom. The average Bonchev–Trinajstić information content (AvgIpc) is 3.10. The van der Waals surface area contributed by atoms with Crippen LogP contribution in [0.1, 0.15) is 0 Å². The molecule has 0 bridgehead atoms. The summed E-state index contributed by atoms with van der Waals surface area (Å²) in [6, 6.07) is 13.7. The van der Waals surface area contributed by atoms with Gasteiger partial charge < -0.3 is 14.4 Å². The number of hydrogen-bond donors (Lipinski definition) is 0. The fourth-order valence-corrected chi connectivity index (χ4v) is 4.26. The second-order valence-electron chi connectivity index (χ2n) is 8.72. The summed E-state index contributed by atoms with van der Waals surface area (Å²) in [7, 11) is -1.09. The van der Waals surface area contributed by atoms with Crippen molar-refractivity contribution in [2.24, 2.45) is 0 Å². The number of benzene rings is 1. The Balaban J connectivity index is 1.59. The molecule has 2 aromatic heterocycles. The van der Waals surface area contributed by atoms with Gasteiger partial charge in [0.1, 0.15) is 18.2 Å². The zero-order valence-corrected chi connectivity index (χ0v) is 18.6. The Labute approximate surface area is 173 Å². The van der Waals surface area contributed by atoms with Crippen molar-refractivity contribution < 1.29 is 9.47 Å². The van der Waals surface area contributed by atoms with E-state index in [1.54, 1.807) is 0 Å². The Hall–Kier alpha value is -2.22. The highest BCUT2D eigenvalue weighted by Crippen LogP contribution is 2.29. The molecule has 1 aliphatic heterocycles. The zero-order valence-electron chi connectivity index (χ0n) is 17.6. The van der Waals surface area contributed by atoms with Crippen molar-refractivity contribution in [1.29, 1.82) is 0 Å². The molecule has 1 saturated heterocycles. The summed E-state index contributed by atoms with van der Waals surface area (Å²) in [5.74, 6) is 0.982. The molecule has 29 heavy (non-hydrogen) atoms. The molecule has 3 aromatic rings. The normalized spacial score (nSPS) is 15.2. The lowest BCUT2D eigenvalue weighted by molar-refractivity contribution is 0.0818. The third-order valence-electron chi connectivity index (χ3n) is 5.22. The number of morpholine rings is 1. The number of ether oxygens (including phenoxy) is 2. The van der Waals surface area contributed by atoms with Crippen LogP contribution in [0.5, 0.6) is 0 Å². The van der Waals surface area contributed by atoms with Crippen LogP contribution in [0.3, 0.4) is 0 Å². The number of hydrogen-bond acceptors (Lipinski definition) is 5. The van der Waals surface area contributed by atoms with E-state index in [-0.39, 0.29) is 0 Å². The van der Waals surface area contributed by atoms with Crippen LogP contribution in [0.4, 0.5) is 5.82 Å². The summed E-state index contributed by atoms with van der Waals surface area (Å²) >= 11 is 0. The van der Waals surface area contributed by atoms with E-state index in [1.807, 2.05) is 16.9 Å². The number of nitrogens with zero attached hydrogens (tertiary/aromatic N) is 4. The summed E-state index contributed by atoms with van der Waals surface area (Å²) < 4.78 is 13.4. The van der Waals surface area contributed by atoms with Crippen LogP contribution in [-0.4, -0.2) is 55.7 Å². The van der Waals surface area contributed by atoms with Crippen molar-refractivity contribution in [3.8, 4) is 11.3 Å². The SMILES string of the molecule is C[Si](C)(C)CCOCn1nc(-c2ccnc(N3CCOCC3)c2)c2ccccc21. The summed E-state index contributed by atoms with van der Waals surface area (Å²) in [6.45, 7) is 11.6. The Morgan fingerprint density at radius 1 is 1.10 bits per heavy atom. The molecule has 0 spiro atoms. The van der Waals surface area contributed by atoms with Crippen LogP contribution in [0.25, 0.3) is 22.2 Å². The summed E-state index contributed by atoms with van der Waals surface area (Å²) in [4.78, 5) is 6.84. The van der Waals surface area contributed by atoms with E-state index in [2.05, 4.69) is 59.9 Å². The second-order valence-corrected chi connectivity index (χ2v) is 14.3. The van der Waals surface area contributed by atoms with Crippen molar-refractivity contribution >= 4 is 24.8 Å². The molecule has 0 atom stereocenters. The first kappa shape index (κ1) is 20.1. The molecule has 154 valence electrons. The van der Waals surface area contributed by atoms with Crippen LogP contribution in [0.2, 0.25) is 25.7 Å². The molecule has 0 saturated carbocycles. The third-order valence-corrected chi connectivity index (χ3v) is 6.93.